The topological polar surface area (TPSA) is 55.9 Å². The molecule has 1 unspecified atom stereocenters. The van der Waals surface area contributed by atoms with Crippen molar-refractivity contribution >= 4 is 11.6 Å². The quantitative estimate of drug-likeness (QED) is 0.885. The van der Waals surface area contributed by atoms with Crippen molar-refractivity contribution in [1.29, 1.82) is 0 Å². The van der Waals surface area contributed by atoms with Crippen molar-refractivity contribution in [3.63, 3.8) is 0 Å². The van der Waals surface area contributed by atoms with Gasteiger partial charge in [-0.05, 0) is 30.6 Å². The number of nitrogens with one attached hydrogen (secondary N) is 1. The zero-order chi connectivity index (χ0) is 13.8. The van der Waals surface area contributed by atoms with Gasteiger partial charge < -0.3 is 9.73 Å². The second-order valence-corrected chi connectivity index (χ2v) is 5.29. The Hall–Kier alpha value is -1.33. The van der Waals surface area contributed by atoms with Gasteiger partial charge in [0.1, 0.15) is 12.2 Å². The second-order valence-electron chi connectivity index (χ2n) is 4.95. The standard InChI is InChI=1S/C13H19ClN4O/c1-9(2)7-18-12(16-8-17-18)6-11(15-3)10-4-5-19-13(10)14/h4-5,8-9,11,15H,6-7H2,1-3H3. The highest BCUT2D eigenvalue weighted by Gasteiger charge is 2.18. The van der Waals surface area contributed by atoms with Crippen LogP contribution in [0.25, 0.3) is 0 Å². The molecule has 1 N–H and O–H groups in total. The molecule has 0 saturated heterocycles. The number of likely N-dealkylation sites (N-methyl/N-ethyl adjacent to an activating group) is 1. The molecule has 0 aromatic carbocycles. The summed E-state index contributed by atoms with van der Waals surface area (Å²) in [5.74, 6) is 1.48. The van der Waals surface area contributed by atoms with Crippen molar-refractivity contribution in [1.82, 2.24) is 20.1 Å². The van der Waals surface area contributed by atoms with Gasteiger partial charge in [-0.25, -0.2) is 9.67 Å². The smallest absolute Gasteiger partial charge is 0.197 e. The van der Waals surface area contributed by atoms with Gasteiger partial charge in [-0.2, -0.15) is 5.10 Å². The van der Waals surface area contributed by atoms with E-state index in [1.807, 2.05) is 17.8 Å². The van der Waals surface area contributed by atoms with E-state index in [1.54, 1.807) is 12.6 Å². The second kappa shape index (κ2) is 6.21. The fourth-order valence-corrected chi connectivity index (χ4v) is 2.29. The van der Waals surface area contributed by atoms with Crippen LogP contribution >= 0.6 is 11.6 Å². The van der Waals surface area contributed by atoms with Crippen LogP contribution in [0.1, 0.15) is 31.3 Å². The molecule has 2 rings (SSSR count). The lowest BCUT2D eigenvalue weighted by atomic mass is 10.1. The van der Waals surface area contributed by atoms with Crippen LogP contribution < -0.4 is 5.32 Å². The Kier molecular flexibility index (Phi) is 4.61. The molecule has 0 fully saturated rings. The molecular weight excluding hydrogens is 264 g/mol. The molecule has 0 radical (unpaired) electrons. The van der Waals surface area contributed by atoms with Crippen molar-refractivity contribution in [3.8, 4) is 0 Å². The first-order valence-corrected chi connectivity index (χ1v) is 6.76. The number of aromatic nitrogens is 3. The third-order valence-corrected chi connectivity index (χ3v) is 3.30. The molecule has 5 nitrogen and oxygen atoms in total. The zero-order valence-corrected chi connectivity index (χ0v) is 12.2. The monoisotopic (exact) mass is 282 g/mol. The summed E-state index contributed by atoms with van der Waals surface area (Å²) in [7, 11) is 1.90. The Balaban J connectivity index is 2.15. The van der Waals surface area contributed by atoms with Crippen molar-refractivity contribution < 1.29 is 4.42 Å². The number of hydrogen-bond donors (Lipinski definition) is 1. The van der Waals surface area contributed by atoms with Crippen LogP contribution in [0.4, 0.5) is 0 Å². The molecule has 0 aliphatic heterocycles. The normalized spacial score (nSPS) is 13.1. The molecule has 2 aromatic rings. The number of rotatable bonds is 6. The van der Waals surface area contributed by atoms with Crippen LogP contribution in [0.3, 0.4) is 0 Å². The maximum Gasteiger partial charge on any atom is 0.197 e. The molecular formula is C13H19ClN4O. The highest BCUT2D eigenvalue weighted by atomic mass is 35.5. The summed E-state index contributed by atoms with van der Waals surface area (Å²) >= 11 is 6.03. The third kappa shape index (κ3) is 3.36. The molecule has 19 heavy (non-hydrogen) atoms. The number of furan rings is 1. The molecule has 6 heteroatoms. The molecule has 1 atom stereocenters. The zero-order valence-electron chi connectivity index (χ0n) is 11.4. The minimum Gasteiger partial charge on any atom is -0.453 e. The SMILES string of the molecule is CNC(Cc1ncnn1CC(C)C)c1ccoc1Cl. The predicted molar refractivity (Wildman–Crippen MR) is 74.1 cm³/mol. The van der Waals surface area contributed by atoms with Gasteiger partial charge in [-0.15, -0.1) is 0 Å². The van der Waals surface area contributed by atoms with E-state index in [-0.39, 0.29) is 6.04 Å². The van der Waals surface area contributed by atoms with Crippen molar-refractivity contribution in [2.45, 2.75) is 32.9 Å². The Morgan fingerprint density at radius 1 is 1.47 bits per heavy atom. The fourth-order valence-electron chi connectivity index (χ4n) is 2.05. The van der Waals surface area contributed by atoms with E-state index >= 15 is 0 Å². The van der Waals surface area contributed by atoms with E-state index < -0.39 is 0 Å². The van der Waals surface area contributed by atoms with Gasteiger partial charge in [0.2, 0.25) is 0 Å². The Morgan fingerprint density at radius 3 is 2.84 bits per heavy atom. The van der Waals surface area contributed by atoms with Gasteiger partial charge in [-0.3, -0.25) is 0 Å². The van der Waals surface area contributed by atoms with E-state index in [4.69, 9.17) is 16.0 Å². The van der Waals surface area contributed by atoms with Crippen molar-refractivity contribution in [3.05, 3.63) is 35.3 Å². The van der Waals surface area contributed by atoms with Gasteiger partial charge in [0, 0.05) is 24.6 Å². The van der Waals surface area contributed by atoms with Gasteiger partial charge in [-0.1, -0.05) is 13.8 Å². The minimum atomic E-state index is 0.0707. The van der Waals surface area contributed by atoms with E-state index in [0.29, 0.717) is 11.1 Å². The Bertz CT molecular complexity index is 520. The number of halogens is 1. The van der Waals surface area contributed by atoms with Crippen LogP contribution in [-0.2, 0) is 13.0 Å². The maximum atomic E-state index is 6.03. The van der Waals surface area contributed by atoms with Crippen molar-refractivity contribution in [2.24, 2.45) is 5.92 Å². The highest BCUT2D eigenvalue weighted by Crippen LogP contribution is 2.26. The predicted octanol–water partition coefficient (Wildman–Crippen LogP) is 2.68. The van der Waals surface area contributed by atoms with Crippen LogP contribution in [-0.4, -0.2) is 21.8 Å². The Morgan fingerprint density at radius 2 is 2.26 bits per heavy atom. The van der Waals surface area contributed by atoms with E-state index in [9.17, 15) is 0 Å². The fraction of sp³-hybridized carbons (Fsp3) is 0.538. The largest absolute Gasteiger partial charge is 0.453 e. The summed E-state index contributed by atoms with van der Waals surface area (Å²) < 4.78 is 7.09. The lowest BCUT2D eigenvalue weighted by Gasteiger charge is -2.15. The molecule has 104 valence electrons. The average molecular weight is 283 g/mol. The summed E-state index contributed by atoms with van der Waals surface area (Å²) in [6, 6.07) is 1.95. The Labute approximate surface area is 118 Å². The minimum absolute atomic E-state index is 0.0707. The molecule has 0 saturated carbocycles. The lowest BCUT2D eigenvalue weighted by molar-refractivity contribution is 0.450. The molecule has 0 spiro atoms. The van der Waals surface area contributed by atoms with Gasteiger partial charge in [0.15, 0.2) is 5.22 Å². The third-order valence-electron chi connectivity index (χ3n) is 2.99. The van der Waals surface area contributed by atoms with Crippen molar-refractivity contribution in [2.75, 3.05) is 7.05 Å². The van der Waals surface area contributed by atoms with E-state index in [2.05, 4.69) is 29.2 Å². The molecule has 2 aromatic heterocycles. The summed E-state index contributed by atoms with van der Waals surface area (Å²) in [4.78, 5) is 4.33. The maximum absolute atomic E-state index is 6.03. The molecule has 0 bridgehead atoms. The van der Waals surface area contributed by atoms with Gasteiger partial charge >= 0.3 is 0 Å². The van der Waals surface area contributed by atoms with Crippen LogP contribution in [0.2, 0.25) is 5.22 Å². The molecule has 0 amide bonds. The first-order valence-electron chi connectivity index (χ1n) is 6.38. The molecule has 0 aliphatic rings. The molecule has 2 heterocycles. The van der Waals surface area contributed by atoms with Gasteiger partial charge in [0.05, 0.1) is 6.26 Å². The number of hydrogen-bond acceptors (Lipinski definition) is 4. The molecule has 0 aliphatic carbocycles. The van der Waals surface area contributed by atoms with Crippen LogP contribution in [0.15, 0.2) is 23.1 Å². The average Bonchev–Trinajstić information content (AvgIpc) is 2.95. The number of nitrogens with zero attached hydrogens (tertiary/aromatic N) is 3. The highest BCUT2D eigenvalue weighted by molar-refractivity contribution is 6.29. The van der Waals surface area contributed by atoms with E-state index in [1.165, 1.54) is 0 Å². The summed E-state index contributed by atoms with van der Waals surface area (Å²) in [6.07, 6.45) is 3.92. The van der Waals surface area contributed by atoms with Crippen LogP contribution in [0.5, 0.6) is 0 Å². The van der Waals surface area contributed by atoms with Gasteiger partial charge in [0.25, 0.3) is 0 Å². The summed E-state index contributed by atoms with van der Waals surface area (Å²) in [6.45, 7) is 5.19. The first-order chi connectivity index (χ1) is 9.11. The van der Waals surface area contributed by atoms with E-state index in [0.717, 1.165) is 24.4 Å². The lowest BCUT2D eigenvalue weighted by Crippen LogP contribution is -2.21. The van der Waals surface area contributed by atoms with Crippen LogP contribution in [0, 0.1) is 5.92 Å². The first kappa shape index (κ1) is 14.1. The summed E-state index contributed by atoms with van der Waals surface area (Å²) in [5.41, 5.74) is 0.947. The summed E-state index contributed by atoms with van der Waals surface area (Å²) in [5, 5.41) is 7.93.